The van der Waals surface area contributed by atoms with E-state index in [0.717, 1.165) is 23.4 Å². The molecule has 0 aliphatic carbocycles. The van der Waals surface area contributed by atoms with Crippen LogP contribution >= 0.6 is 0 Å². The minimum atomic E-state index is -4.45. The zero-order valence-corrected chi connectivity index (χ0v) is 16.0. The summed E-state index contributed by atoms with van der Waals surface area (Å²) in [5, 5.41) is 9.57. The van der Waals surface area contributed by atoms with E-state index in [0.29, 0.717) is 0 Å². The molecular weight excluding hydrogens is 399 g/mol. The third kappa shape index (κ3) is 5.56. The van der Waals surface area contributed by atoms with Gasteiger partial charge >= 0.3 is 6.18 Å². The fraction of sp³-hybridized carbons (Fsp3) is 0.158. The van der Waals surface area contributed by atoms with Crippen molar-refractivity contribution in [3.63, 3.8) is 0 Å². The van der Waals surface area contributed by atoms with Gasteiger partial charge in [-0.15, -0.1) is 0 Å². The van der Waals surface area contributed by atoms with Crippen molar-refractivity contribution in [3.05, 3.63) is 59.7 Å². The second-order valence-corrected chi connectivity index (χ2v) is 5.90. The number of ether oxygens (including phenoxy) is 1. The van der Waals surface area contributed by atoms with Gasteiger partial charge in [-0.05, 0) is 48.0 Å². The van der Waals surface area contributed by atoms with Crippen LogP contribution < -0.4 is 20.8 Å². The minimum absolute atomic E-state index is 0.0517. The molecule has 0 fully saturated rings. The molecule has 3 aromatic rings. The predicted octanol–water partition coefficient (Wildman–Crippen LogP) is 4.13. The molecular formula is C19H18F3N7O. The molecule has 0 aliphatic heterocycles. The fourth-order valence-corrected chi connectivity index (χ4v) is 2.35. The van der Waals surface area contributed by atoms with Crippen LogP contribution in [0.15, 0.2) is 53.6 Å². The Labute approximate surface area is 170 Å². The Hall–Kier alpha value is -3.89. The zero-order valence-electron chi connectivity index (χ0n) is 16.0. The highest BCUT2D eigenvalue weighted by atomic mass is 19.4. The molecule has 1 aromatic heterocycles. The lowest BCUT2D eigenvalue weighted by molar-refractivity contribution is -0.137. The molecule has 8 nitrogen and oxygen atoms in total. The van der Waals surface area contributed by atoms with Gasteiger partial charge in [-0.25, -0.2) is 5.43 Å². The number of rotatable bonds is 7. The number of hydrogen-bond donors (Lipinski definition) is 3. The summed E-state index contributed by atoms with van der Waals surface area (Å²) >= 11 is 0. The van der Waals surface area contributed by atoms with Crippen LogP contribution in [0.5, 0.6) is 5.75 Å². The van der Waals surface area contributed by atoms with Gasteiger partial charge in [0.25, 0.3) is 0 Å². The molecule has 3 rings (SSSR count). The summed E-state index contributed by atoms with van der Waals surface area (Å²) in [5.74, 6) is 1.09. The summed E-state index contributed by atoms with van der Waals surface area (Å²) in [6.45, 7) is 0. The van der Waals surface area contributed by atoms with E-state index in [1.54, 1.807) is 32.5 Å². The van der Waals surface area contributed by atoms with Gasteiger partial charge < -0.3 is 15.4 Å². The van der Waals surface area contributed by atoms with Crippen molar-refractivity contribution in [1.29, 1.82) is 0 Å². The number of halogens is 3. The quantitative estimate of drug-likeness (QED) is 0.393. The molecule has 3 N–H and O–H groups in total. The van der Waals surface area contributed by atoms with Gasteiger partial charge in [0.15, 0.2) is 0 Å². The van der Waals surface area contributed by atoms with Gasteiger partial charge in [-0.3, -0.25) is 0 Å². The Morgan fingerprint density at radius 2 is 1.67 bits per heavy atom. The van der Waals surface area contributed by atoms with Crippen molar-refractivity contribution >= 4 is 29.7 Å². The second-order valence-electron chi connectivity index (χ2n) is 5.90. The number of benzene rings is 2. The van der Waals surface area contributed by atoms with Crippen molar-refractivity contribution in [3.8, 4) is 5.75 Å². The first kappa shape index (κ1) is 20.8. The molecule has 2 aromatic carbocycles. The van der Waals surface area contributed by atoms with Crippen molar-refractivity contribution in [1.82, 2.24) is 15.0 Å². The van der Waals surface area contributed by atoms with Crippen molar-refractivity contribution < 1.29 is 17.9 Å². The van der Waals surface area contributed by atoms with E-state index >= 15 is 0 Å². The standard InChI is InChI=1S/C19H18F3N7O/c1-23-16-26-17(25-14-5-3-4-13(10-14)19(20,21)22)28-18(27-16)29-24-11-12-6-8-15(30-2)9-7-12/h3-11H,1-2H3,(H3,23,25,26,27,28,29). The maximum Gasteiger partial charge on any atom is 0.416 e. The highest BCUT2D eigenvalue weighted by Gasteiger charge is 2.30. The SMILES string of the molecule is CNc1nc(NN=Cc2ccc(OC)cc2)nc(Nc2cccc(C(F)(F)F)c2)n1. The predicted molar refractivity (Wildman–Crippen MR) is 108 cm³/mol. The normalized spacial score (nSPS) is 11.4. The van der Waals surface area contributed by atoms with Gasteiger partial charge in [0.2, 0.25) is 17.8 Å². The summed E-state index contributed by atoms with van der Waals surface area (Å²) in [5.41, 5.74) is 2.89. The summed E-state index contributed by atoms with van der Waals surface area (Å²) < 4.78 is 43.8. The molecule has 0 amide bonds. The Morgan fingerprint density at radius 3 is 2.33 bits per heavy atom. The topological polar surface area (TPSA) is 96.4 Å². The first-order chi connectivity index (χ1) is 14.4. The summed E-state index contributed by atoms with van der Waals surface area (Å²) in [7, 11) is 3.18. The van der Waals surface area contributed by atoms with Crippen LogP contribution in [-0.4, -0.2) is 35.3 Å². The number of anilines is 4. The van der Waals surface area contributed by atoms with Crippen molar-refractivity contribution in [2.24, 2.45) is 5.10 Å². The Bertz CT molecular complexity index is 1020. The fourth-order valence-electron chi connectivity index (χ4n) is 2.35. The molecule has 0 radical (unpaired) electrons. The summed E-state index contributed by atoms with van der Waals surface area (Å²) in [6.07, 6.45) is -2.89. The number of hydrazone groups is 1. The minimum Gasteiger partial charge on any atom is -0.497 e. The van der Waals surface area contributed by atoms with Crippen LogP contribution in [0.4, 0.5) is 36.7 Å². The Morgan fingerprint density at radius 1 is 0.967 bits per heavy atom. The number of aromatic nitrogens is 3. The Kier molecular flexibility index (Phi) is 6.30. The monoisotopic (exact) mass is 417 g/mol. The van der Waals surface area contributed by atoms with Gasteiger partial charge in [-0.2, -0.15) is 33.2 Å². The Balaban J connectivity index is 1.75. The van der Waals surface area contributed by atoms with E-state index in [-0.39, 0.29) is 23.5 Å². The average molecular weight is 417 g/mol. The van der Waals surface area contributed by atoms with E-state index < -0.39 is 11.7 Å². The maximum absolute atomic E-state index is 12.9. The van der Waals surface area contributed by atoms with E-state index in [4.69, 9.17) is 4.74 Å². The van der Waals surface area contributed by atoms with Crippen molar-refractivity contribution in [2.75, 3.05) is 30.2 Å². The lowest BCUT2D eigenvalue weighted by Gasteiger charge is -2.11. The number of alkyl halides is 3. The molecule has 0 saturated carbocycles. The first-order valence-electron chi connectivity index (χ1n) is 8.68. The zero-order chi connectivity index (χ0) is 21.6. The second kappa shape index (κ2) is 9.07. The third-order valence-corrected chi connectivity index (χ3v) is 3.80. The van der Waals surface area contributed by atoms with Crippen LogP contribution in [0.3, 0.4) is 0 Å². The summed E-state index contributed by atoms with van der Waals surface area (Å²) in [6, 6.07) is 11.9. The molecule has 0 spiro atoms. The van der Waals surface area contributed by atoms with Crippen LogP contribution in [-0.2, 0) is 6.18 Å². The summed E-state index contributed by atoms with van der Waals surface area (Å²) in [4.78, 5) is 12.3. The van der Waals surface area contributed by atoms with E-state index in [9.17, 15) is 13.2 Å². The van der Waals surface area contributed by atoms with E-state index in [1.807, 2.05) is 12.1 Å². The van der Waals surface area contributed by atoms with Crippen LogP contribution in [0.25, 0.3) is 0 Å². The molecule has 1 heterocycles. The number of nitrogens with zero attached hydrogens (tertiary/aromatic N) is 4. The van der Waals surface area contributed by atoms with Crippen molar-refractivity contribution in [2.45, 2.75) is 6.18 Å². The molecule has 30 heavy (non-hydrogen) atoms. The molecule has 156 valence electrons. The smallest absolute Gasteiger partial charge is 0.416 e. The maximum atomic E-state index is 12.9. The molecule has 0 unspecified atom stereocenters. The third-order valence-electron chi connectivity index (χ3n) is 3.80. The van der Waals surface area contributed by atoms with Gasteiger partial charge in [0, 0.05) is 12.7 Å². The van der Waals surface area contributed by atoms with Crippen LogP contribution in [0, 0.1) is 0 Å². The van der Waals surface area contributed by atoms with Gasteiger partial charge in [0.05, 0.1) is 18.9 Å². The number of nitrogens with one attached hydrogen (secondary N) is 3. The largest absolute Gasteiger partial charge is 0.497 e. The molecule has 0 saturated heterocycles. The average Bonchev–Trinajstić information content (AvgIpc) is 2.73. The lowest BCUT2D eigenvalue weighted by Crippen LogP contribution is -2.08. The number of methoxy groups -OCH3 is 1. The highest BCUT2D eigenvalue weighted by Crippen LogP contribution is 2.31. The molecule has 0 aliphatic rings. The molecule has 0 bridgehead atoms. The van der Waals surface area contributed by atoms with Gasteiger partial charge in [-0.1, -0.05) is 6.07 Å². The van der Waals surface area contributed by atoms with Crippen LogP contribution in [0.1, 0.15) is 11.1 Å². The molecule has 0 atom stereocenters. The van der Waals surface area contributed by atoms with Gasteiger partial charge in [0.1, 0.15) is 5.75 Å². The lowest BCUT2D eigenvalue weighted by atomic mass is 10.2. The van der Waals surface area contributed by atoms with E-state index in [2.05, 4.69) is 36.1 Å². The van der Waals surface area contributed by atoms with Crippen LogP contribution in [0.2, 0.25) is 0 Å². The highest BCUT2D eigenvalue weighted by molar-refractivity contribution is 5.80. The first-order valence-corrected chi connectivity index (χ1v) is 8.68. The van der Waals surface area contributed by atoms with E-state index in [1.165, 1.54) is 12.1 Å². The molecule has 11 heteroatoms. The number of hydrogen-bond acceptors (Lipinski definition) is 8.